The highest BCUT2D eigenvalue weighted by Crippen LogP contribution is 2.26. The van der Waals surface area contributed by atoms with Crippen molar-refractivity contribution < 1.29 is 9.53 Å². The molecule has 6 heteroatoms. The number of hydrogen-bond acceptors (Lipinski definition) is 4. The van der Waals surface area contributed by atoms with Gasteiger partial charge in [0.2, 0.25) is 5.91 Å². The van der Waals surface area contributed by atoms with E-state index in [0.717, 1.165) is 38.8 Å². The number of para-hydroxylation sites is 2. The number of benzene rings is 3. The zero-order chi connectivity index (χ0) is 20.9. The SMILES string of the molecule is COc1ccc(Cn2c(SCC(=O)Nc3ccc(C)cc3)nc3ccccc32)cc1. The van der Waals surface area contributed by atoms with Crippen molar-refractivity contribution in [3.63, 3.8) is 0 Å². The number of amides is 1. The molecule has 1 aromatic heterocycles. The van der Waals surface area contributed by atoms with Crippen molar-refractivity contribution in [1.29, 1.82) is 0 Å². The Morgan fingerprint density at radius 3 is 2.50 bits per heavy atom. The highest BCUT2D eigenvalue weighted by molar-refractivity contribution is 7.99. The molecule has 0 aliphatic rings. The van der Waals surface area contributed by atoms with Crippen LogP contribution in [0.1, 0.15) is 11.1 Å². The van der Waals surface area contributed by atoms with Crippen LogP contribution < -0.4 is 10.1 Å². The molecule has 0 saturated heterocycles. The van der Waals surface area contributed by atoms with E-state index in [2.05, 4.69) is 16.0 Å². The maximum Gasteiger partial charge on any atom is 0.234 e. The van der Waals surface area contributed by atoms with Crippen LogP contribution in [0.5, 0.6) is 5.75 Å². The van der Waals surface area contributed by atoms with Crippen molar-refractivity contribution in [2.45, 2.75) is 18.6 Å². The molecular formula is C24H23N3O2S. The normalized spacial score (nSPS) is 10.9. The molecule has 0 radical (unpaired) electrons. The number of nitrogens with one attached hydrogen (secondary N) is 1. The van der Waals surface area contributed by atoms with Crippen LogP contribution in [0.2, 0.25) is 0 Å². The summed E-state index contributed by atoms with van der Waals surface area (Å²) < 4.78 is 7.40. The number of thioether (sulfide) groups is 1. The first-order valence-corrected chi connectivity index (χ1v) is 10.7. The van der Waals surface area contributed by atoms with Crippen LogP contribution in [0.15, 0.2) is 78.0 Å². The fraction of sp³-hybridized carbons (Fsp3) is 0.167. The molecule has 0 spiro atoms. The van der Waals surface area contributed by atoms with Crippen molar-refractivity contribution in [2.24, 2.45) is 0 Å². The molecule has 1 heterocycles. The Balaban J connectivity index is 1.51. The van der Waals surface area contributed by atoms with Gasteiger partial charge in [-0.1, -0.05) is 53.7 Å². The molecule has 30 heavy (non-hydrogen) atoms. The summed E-state index contributed by atoms with van der Waals surface area (Å²) >= 11 is 1.45. The predicted molar refractivity (Wildman–Crippen MR) is 122 cm³/mol. The van der Waals surface area contributed by atoms with Gasteiger partial charge in [0.05, 0.1) is 30.4 Å². The standard InChI is InChI=1S/C24H23N3O2S/c1-17-7-11-19(12-8-17)25-23(28)16-30-24-26-21-5-3-4-6-22(21)27(24)15-18-9-13-20(29-2)14-10-18/h3-14H,15-16H2,1-2H3,(H,25,28). The molecule has 0 aliphatic heterocycles. The van der Waals surface area contributed by atoms with E-state index in [9.17, 15) is 4.79 Å². The fourth-order valence-corrected chi connectivity index (χ4v) is 4.01. The maximum absolute atomic E-state index is 12.4. The number of anilines is 1. The summed E-state index contributed by atoms with van der Waals surface area (Å²) in [5.41, 5.74) is 5.08. The Morgan fingerprint density at radius 2 is 1.77 bits per heavy atom. The van der Waals surface area contributed by atoms with Gasteiger partial charge in [0, 0.05) is 5.69 Å². The van der Waals surface area contributed by atoms with Gasteiger partial charge in [-0.05, 0) is 48.9 Å². The smallest absolute Gasteiger partial charge is 0.234 e. The van der Waals surface area contributed by atoms with Gasteiger partial charge in [-0.3, -0.25) is 4.79 Å². The van der Waals surface area contributed by atoms with E-state index in [0.29, 0.717) is 12.3 Å². The van der Waals surface area contributed by atoms with Gasteiger partial charge in [0.1, 0.15) is 5.75 Å². The molecule has 0 unspecified atom stereocenters. The lowest BCUT2D eigenvalue weighted by molar-refractivity contribution is -0.113. The second-order valence-corrected chi connectivity index (χ2v) is 7.96. The average molecular weight is 418 g/mol. The molecule has 4 aromatic rings. The minimum absolute atomic E-state index is 0.0492. The van der Waals surface area contributed by atoms with Crippen LogP contribution >= 0.6 is 11.8 Å². The number of ether oxygens (including phenoxy) is 1. The Hall–Kier alpha value is -3.25. The molecule has 0 bridgehead atoms. The minimum atomic E-state index is -0.0492. The van der Waals surface area contributed by atoms with Gasteiger partial charge < -0.3 is 14.6 Å². The van der Waals surface area contributed by atoms with Gasteiger partial charge in [0.15, 0.2) is 5.16 Å². The molecule has 1 amide bonds. The van der Waals surface area contributed by atoms with E-state index < -0.39 is 0 Å². The van der Waals surface area contributed by atoms with E-state index in [1.807, 2.05) is 73.7 Å². The van der Waals surface area contributed by atoms with E-state index in [4.69, 9.17) is 9.72 Å². The van der Waals surface area contributed by atoms with Gasteiger partial charge in [0.25, 0.3) is 0 Å². The molecule has 1 N–H and O–H groups in total. The maximum atomic E-state index is 12.4. The zero-order valence-corrected chi connectivity index (χ0v) is 17.8. The van der Waals surface area contributed by atoms with Gasteiger partial charge in [-0.25, -0.2) is 4.98 Å². The van der Waals surface area contributed by atoms with Crippen molar-refractivity contribution in [3.05, 3.63) is 83.9 Å². The van der Waals surface area contributed by atoms with Crippen LogP contribution in [0.3, 0.4) is 0 Å². The van der Waals surface area contributed by atoms with E-state index in [-0.39, 0.29) is 5.91 Å². The predicted octanol–water partition coefficient (Wildman–Crippen LogP) is 5.13. The monoisotopic (exact) mass is 417 g/mol. The third-order valence-electron chi connectivity index (χ3n) is 4.79. The lowest BCUT2D eigenvalue weighted by Crippen LogP contribution is -2.14. The van der Waals surface area contributed by atoms with E-state index in [1.165, 1.54) is 11.8 Å². The number of imidazole rings is 1. The van der Waals surface area contributed by atoms with Crippen LogP contribution in [0.4, 0.5) is 5.69 Å². The number of hydrogen-bond donors (Lipinski definition) is 1. The minimum Gasteiger partial charge on any atom is -0.497 e. The number of aromatic nitrogens is 2. The van der Waals surface area contributed by atoms with Crippen molar-refractivity contribution in [3.8, 4) is 5.75 Å². The Labute approximate surface area is 180 Å². The summed E-state index contributed by atoms with van der Waals surface area (Å²) in [5, 5.41) is 3.77. The molecule has 0 aliphatic carbocycles. The number of methoxy groups -OCH3 is 1. The molecule has 0 fully saturated rings. The van der Waals surface area contributed by atoms with Crippen molar-refractivity contribution >= 4 is 34.4 Å². The van der Waals surface area contributed by atoms with Gasteiger partial charge in [-0.2, -0.15) is 0 Å². The second kappa shape index (κ2) is 9.05. The average Bonchev–Trinajstić information content (AvgIpc) is 3.12. The first-order chi connectivity index (χ1) is 14.6. The summed E-state index contributed by atoms with van der Waals surface area (Å²) in [6.07, 6.45) is 0. The summed E-state index contributed by atoms with van der Waals surface area (Å²) in [5.74, 6) is 1.07. The van der Waals surface area contributed by atoms with E-state index in [1.54, 1.807) is 7.11 Å². The third kappa shape index (κ3) is 4.66. The number of rotatable bonds is 7. The van der Waals surface area contributed by atoms with Gasteiger partial charge >= 0.3 is 0 Å². The van der Waals surface area contributed by atoms with Crippen molar-refractivity contribution in [2.75, 3.05) is 18.2 Å². The molecule has 0 saturated carbocycles. The third-order valence-corrected chi connectivity index (χ3v) is 5.76. The molecule has 5 nitrogen and oxygen atoms in total. The van der Waals surface area contributed by atoms with Crippen LogP contribution in [0.25, 0.3) is 11.0 Å². The van der Waals surface area contributed by atoms with Crippen LogP contribution in [0, 0.1) is 6.92 Å². The van der Waals surface area contributed by atoms with Gasteiger partial charge in [-0.15, -0.1) is 0 Å². The summed E-state index contributed by atoms with van der Waals surface area (Å²) in [4.78, 5) is 17.2. The summed E-state index contributed by atoms with van der Waals surface area (Å²) in [6, 6.07) is 23.8. The number of nitrogens with zero attached hydrogens (tertiary/aromatic N) is 2. The van der Waals surface area contributed by atoms with Crippen molar-refractivity contribution in [1.82, 2.24) is 9.55 Å². The quantitative estimate of drug-likeness (QED) is 0.424. The molecule has 152 valence electrons. The first kappa shape index (κ1) is 20.0. The zero-order valence-electron chi connectivity index (χ0n) is 17.0. The fourth-order valence-electron chi connectivity index (χ4n) is 3.19. The summed E-state index contributed by atoms with van der Waals surface area (Å²) in [6.45, 7) is 2.70. The molecular weight excluding hydrogens is 394 g/mol. The summed E-state index contributed by atoms with van der Waals surface area (Å²) in [7, 11) is 1.66. The Morgan fingerprint density at radius 1 is 1.03 bits per heavy atom. The number of fused-ring (bicyclic) bond motifs is 1. The topological polar surface area (TPSA) is 56.1 Å². The molecule has 3 aromatic carbocycles. The lowest BCUT2D eigenvalue weighted by Gasteiger charge is -2.10. The Bertz CT molecular complexity index is 1150. The number of aryl methyl sites for hydroxylation is 1. The van der Waals surface area contributed by atoms with Crippen LogP contribution in [-0.2, 0) is 11.3 Å². The van der Waals surface area contributed by atoms with E-state index >= 15 is 0 Å². The highest BCUT2D eigenvalue weighted by atomic mass is 32.2. The number of carbonyl (C=O) groups excluding carboxylic acids is 1. The Kier molecular flexibility index (Phi) is 6.05. The largest absolute Gasteiger partial charge is 0.497 e. The second-order valence-electron chi connectivity index (χ2n) is 7.02. The lowest BCUT2D eigenvalue weighted by atomic mass is 10.2. The number of carbonyl (C=O) groups is 1. The molecule has 4 rings (SSSR count). The van der Waals surface area contributed by atoms with Crippen LogP contribution in [-0.4, -0.2) is 28.3 Å². The highest BCUT2D eigenvalue weighted by Gasteiger charge is 2.13. The molecule has 0 atom stereocenters. The first-order valence-electron chi connectivity index (χ1n) is 9.70.